The summed E-state index contributed by atoms with van der Waals surface area (Å²) in [5.41, 5.74) is -2.09. The molecule has 0 aliphatic carbocycles. The number of sulfone groups is 2. The molecule has 32 heavy (non-hydrogen) atoms. The van der Waals surface area contributed by atoms with Crippen LogP contribution in [0.25, 0.3) is 0 Å². The fourth-order valence-corrected chi connectivity index (χ4v) is 9.17. The van der Waals surface area contributed by atoms with E-state index >= 15 is 0 Å². The van der Waals surface area contributed by atoms with Crippen LogP contribution in [0.5, 0.6) is 0 Å². The van der Waals surface area contributed by atoms with Crippen LogP contribution in [-0.4, -0.2) is 99.5 Å². The van der Waals surface area contributed by atoms with Crippen LogP contribution in [0.4, 0.5) is 26.3 Å². The highest BCUT2D eigenvalue weighted by Gasteiger charge is 2.72. The van der Waals surface area contributed by atoms with Gasteiger partial charge in [0, 0.05) is 37.0 Å². The van der Waals surface area contributed by atoms with E-state index in [1.54, 1.807) is 0 Å². The zero-order valence-electron chi connectivity index (χ0n) is 15.8. The van der Waals surface area contributed by atoms with Gasteiger partial charge in [0.05, 0.1) is 11.5 Å². The van der Waals surface area contributed by atoms with E-state index in [0.717, 1.165) is 0 Å². The van der Waals surface area contributed by atoms with Gasteiger partial charge >= 0.3 is 24.3 Å². The Kier molecular flexibility index (Phi) is 6.63. The Morgan fingerprint density at radius 1 is 0.688 bits per heavy atom. The van der Waals surface area contributed by atoms with Crippen LogP contribution in [0.15, 0.2) is 0 Å². The molecule has 10 nitrogen and oxygen atoms in total. The third-order valence-corrected chi connectivity index (χ3v) is 10.4. The zero-order chi connectivity index (χ0) is 25.0. The number of nitrogens with one attached hydrogen (secondary N) is 2. The second-order valence-electron chi connectivity index (χ2n) is 8.00. The van der Waals surface area contributed by atoms with Gasteiger partial charge in [0.25, 0.3) is 0 Å². The third kappa shape index (κ3) is 4.81. The predicted octanol–water partition coefficient (Wildman–Crippen LogP) is -0.974. The number of alkyl halides is 6. The molecule has 4 fully saturated rings. The summed E-state index contributed by atoms with van der Waals surface area (Å²) in [5, 5.41) is 15.9. The molecule has 0 saturated carbocycles. The maximum atomic E-state index is 12.3. The van der Waals surface area contributed by atoms with Gasteiger partial charge < -0.3 is 20.8 Å². The van der Waals surface area contributed by atoms with Gasteiger partial charge in [-0.25, -0.2) is 26.4 Å². The number of carboxylic acid groups (broad SMARTS) is 2. The molecule has 4 rings (SSSR count). The van der Waals surface area contributed by atoms with Crippen molar-refractivity contribution in [2.24, 2.45) is 10.8 Å². The second-order valence-corrected chi connectivity index (χ2v) is 12.2. The monoisotopic (exact) mass is 520 g/mol. The second kappa shape index (κ2) is 7.98. The van der Waals surface area contributed by atoms with E-state index in [9.17, 15) is 43.2 Å². The molecule has 2 unspecified atom stereocenters. The summed E-state index contributed by atoms with van der Waals surface area (Å²) in [5.74, 6) is -4.29. The van der Waals surface area contributed by atoms with E-state index in [-0.39, 0.29) is 37.7 Å². The molecule has 0 aromatic carbocycles. The van der Waals surface area contributed by atoms with Gasteiger partial charge in [-0.1, -0.05) is 0 Å². The van der Waals surface area contributed by atoms with Crippen molar-refractivity contribution in [1.82, 2.24) is 10.6 Å². The molecule has 4 aliphatic heterocycles. The van der Waals surface area contributed by atoms with Crippen molar-refractivity contribution < 1.29 is 63.0 Å². The Hall–Kier alpha value is -1.66. The fourth-order valence-electron chi connectivity index (χ4n) is 4.25. The average Bonchev–Trinajstić information content (AvgIpc) is 2.44. The Labute approximate surface area is 177 Å². The lowest BCUT2D eigenvalue weighted by molar-refractivity contribution is -0.164. The van der Waals surface area contributed by atoms with Gasteiger partial charge in [-0.05, 0) is 0 Å². The fraction of sp³-hybridized carbons (Fsp3) is 0.857. The molecule has 2 atom stereocenters. The summed E-state index contributed by atoms with van der Waals surface area (Å²) >= 11 is 0. The molecular formula is C14H18F6N2O8S2. The van der Waals surface area contributed by atoms with Gasteiger partial charge in [-0.15, -0.1) is 0 Å². The van der Waals surface area contributed by atoms with Crippen LogP contribution < -0.4 is 10.6 Å². The van der Waals surface area contributed by atoms with Crippen molar-refractivity contribution in [3.05, 3.63) is 0 Å². The topological polar surface area (TPSA) is 167 Å². The lowest BCUT2D eigenvalue weighted by atomic mass is 9.78. The van der Waals surface area contributed by atoms with Crippen molar-refractivity contribution in [3.63, 3.8) is 0 Å². The maximum absolute atomic E-state index is 12.3. The van der Waals surface area contributed by atoms with Gasteiger partial charge in [0.2, 0.25) is 0 Å². The third-order valence-electron chi connectivity index (χ3n) is 5.49. The summed E-state index contributed by atoms with van der Waals surface area (Å²) in [6, 6.07) is 0. The van der Waals surface area contributed by atoms with Crippen LogP contribution in [0, 0.1) is 10.8 Å². The Morgan fingerprint density at radius 2 is 0.938 bits per heavy atom. The number of hydrogen-bond acceptors (Lipinski definition) is 8. The highest BCUT2D eigenvalue weighted by Crippen LogP contribution is 2.51. The first-order chi connectivity index (χ1) is 14.2. The number of rotatable bonds is 0. The molecule has 0 aromatic heterocycles. The standard InChI is InChI=1S/2C6H8F3NO2S.C2H2O4/c2*7-6(8,9)4-5(1-10-2-5)3-13(4,11)12;3-1(4)2(5)6/h2*4,10H,1-3H2;(H,3,4)(H,5,6). The van der Waals surface area contributed by atoms with E-state index in [1.807, 2.05) is 0 Å². The van der Waals surface area contributed by atoms with Gasteiger partial charge in [-0.2, -0.15) is 26.3 Å². The molecule has 0 bridgehead atoms. The number of carboxylic acids is 2. The number of halogens is 6. The van der Waals surface area contributed by atoms with Crippen LogP contribution >= 0.6 is 0 Å². The Bertz CT molecular complexity index is 904. The van der Waals surface area contributed by atoms with E-state index in [1.165, 1.54) is 0 Å². The normalized spacial score (nSPS) is 29.9. The van der Waals surface area contributed by atoms with Crippen LogP contribution in [0.2, 0.25) is 0 Å². The summed E-state index contributed by atoms with van der Waals surface area (Å²) in [6.07, 6.45) is -9.22. The quantitative estimate of drug-likeness (QED) is 0.230. The van der Waals surface area contributed by atoms with Crippen molar-refractivity contribution in [2.75, 3.05) is 37.7 Å². The van der Waals surface area contributed by atoms with Crippen LogP contribution in [-0.2, 0) is 29.3 Å². The maximum Gasteiger partial charge on any atom is 0.414 e. The van der Waals surface area contributed by atoms with Gasteiger partial charge in [-0.3, -0.25) is 0 Å². The SMILES string of the molecule is O=C(O)C(=O)O.O=S1(=O)CC2(CNC2)C1C(F)(F)F.O=S1(=O)CC2(CNC2)C1C(F)(F)F. The van der Waals surface area contributed by atoms with E-state index in [2.05, 4.69) is 10.6 Å². The van der Waals surface area contributed by atoms with Crippen LogP contribution in [0.3, 0.4) is 0 Å². The molecule has 18 heteroatoms. The van der Waals surface area contributed by atoms with Gasteiger partial charge in [0.1, 0.15) is 0 Å². The molecule has 2 spiro atoms. The first kappa shape index (κ1) is 26.6. The number of hydrogen-bond donors (Lipinski definition) is 4. The first-order valence-electron chi connectivity index (χ1n) is 8.65. The molecule has 0 aromatic rings. The lowest BCUT2D eigenvalue weighted by Gasteiger charge is -2.54. The molecular weight excluding hydrogens is 502 g/mol. The minimum absolute atomic E-state index is 0.163. The predicted molar refractivity (Wildman–Crippen MR) is 93.1 cm³/mol. The molecule has 0 amide bonds. The summed E-state index contributed by atoms with van der Waals surface area (Å²) in [6.45, 7) is 0.652. The minimum Gasteiger partial charge on any atom is -0.473 e. The van der Waals surface area contributed by atoms with Crippen molar-refractivity contribution in [1.29, 1.82) is 0 Å². The first-order valence-corrected chi connectivity index (χ1v) is 12.1. The molecule has 4 heterocycles. The average molecular weight is 520 g/mol. The van der Waals surface area contributed by atoms with Crippen molar-refractivity contribution in [2.45, 2.75) is 22.9 Å². The lowest BCUT2D eigenvalue weighted by Crippen LogP contribution is -2.76. The molecule has 186 valence electrons. The smallest absolute Gasteiger partial charge is 0.414 e. The summed E-state index contributed by atoms with van der Waals surface area (Å²) in [4.78, 5) is 18.2. The molecule has 4 aliphatic rings. The zero-order valence-corrected chi connectivity index (χ0v) is 17.5. The largest absolute Gasteiger partial charge is 0.473 e. The summed E-state index contributed by atoms with van der Waals surface area (Å²) in [7, 11) is -7.83. The number of carbonyl (C=O) groups is 2. The highest BCUT2D eigenvalue weighted by atomic mass is 32.2. The van der Waals surface area contributed by atoms with E-state index in [4.69, 9.17) is 19.8 Å². The molecule has 0 radical (unpaired) electrons. The highest BCUT2D eigenvalue weighted by molar-refractivity contribution is 7.94. The van der Waals surface area contributed by atoms with Crippen molar-refractivity contribution in [3.8, 4) is 0 Å². The molecule has 4 N–H and O–H groups in total. The minimum atomic E-state index is -4.61. The molecule has 4 saturated heterocycles. The van der Waals surface area contributed by atoms with Gasteiger partial charge in [0.15, 0.2) is 30.2 Å². The van der Waals surface area contributed by atoms with Crippen LogP contribution in [0.1, 0.15) is 0 Å². The van der Waals surface area contributed by atoms with E-state index < -0.39 is 65.3 Å². The Morgan fingerprint density at radius 3 is 1.00 bits per heavy atom. The van der Waals surface area contributed by atoms with Crippen molar-refractivity contribution >= 4 is 31.6 Å². The number of aliphatic carboxylic acids is 2. The Balaban J connectivity index is 0.000000183. The summed E-state index contributed by atoms with van der Waals surface area (Å²) < 4.78 is 118. The van der Waals surface area contributed by atoms with E-state index in [0.29, 0.717) is 0 Å².